The maximum Gasteiger partial charge on any atom is 0.328 e. The van der Waals surface area contributed by atoms with E-state index in [1.165, 1.54) is 0 Å². The molecule has 1 aromatic heterocycles. The van der Waals surface area contributed by atoms with Crippen molar-refractivity contribution in [1.29, 1.82) is 5.41 Å². The monoisotopic (exact) mass is 362 g/mol. The van der Waals surface area contributed by atoms with Crippen LogP contribution in [0.2, 0.25) is 0 Å². The SMILES string of the molecule is Cc1nc2c(cc1C(=O)NC(=N)N)CCCC2C.O=C(O)/C=C/C(=O)O. The van der Waals surface area contributed by atoms with E-state index in [9.17, 15) is 14.4 Å². The first-order chi connectivity index (χ1) is 12.1. The van der Waals surface area contributed by atoms with Crippen LogP contribution in [-0.4, -0.2) is 39.0 Å². The second kappa shape index (κ2) is 9.30. The third-order valence-electron chi connectivity index (χ3n) is 3.74. The van der Waals surface area contributed by atoms with Gasteiger partial charge in [-0.3, -0.25) is 20.5 Å². The Hall–Kier alpha value is -3.23. The van der Waals surface area contributed by atoms with Gasteiger partial charge in [0.2, 0.25) is 0 Å². The van der Waals surface area contributed by atoms with Gasteiger partial charge in [0.25, 0.3) is 5.91 Å². The van der Waals surface area contributed by atoms with E-state index in [-0.39, 0.29) is 11.9 Å². The highest BCUT2D eigenvalue weighted by Gasteiger charge is 2.21. The first-order valence-corrected chi connectivity index (χ1v) is 7.91. The number of rotatable bonds is 3. The van der Waals surface area contributed by atoms with E-state index in [0.29, 0.717) is 29.3 Å². The molecule has 0 aromatic carbocycles. The number of aryl methyl sites for hydroxylation is 2. The first-order valence-electron chi connectivity index (χ1n) is 7.91. The number of hydrogen-bond acceptors (Lipinski definition) is 5. The highest BCUT2D eigenvalue weighted by molar-refractivity contribution is 6.05. The largest absolute Gasteiger partial charge is 0.478 e. The molecular formula is C17H22N4O5. The maximum absolute atomic E-state index is 11.9. The molecule has 0 aliphatic heterocycles. The van der Waals surface area contributed by atoms with Crippen molar-refractivity contribution in [3.8, 4) is 0 Å². The zero-order valence-corrected chi connectivity index (χ0v) is 14.6. The Bertz CT molecular complexity index is 742. The summed E-state index contributed by atoms with van der Waals surface area (Å²) in [5.74, 6) is -2.75. The van der Waals surface area contributed by atoms with Crippen LogP contribution in [0.25, 0.3) is 0 Å². The van der Waals surface area contributed by atoms with E-state index >= 15 is 0 Å². The lowest BCUT2D eigenvalue weighted by atomic mass is 9.87. The number of hydrogen-bond donors (Lipinski definition) is 5. The topological polar surface area (TPSA) is 166 Å². The van der Waals surface area contributed by atoms with E-state index < -0.39 is 11.9 Å². The van der Waals surface area contributed by atoms with Crippen LogP contribution in [0.5, 0.6) is 0 Å². The molecule has 26 heavy (non-hydrogen) atoms. The van der Waals surface area contributed by atoms with E-state index in [2.05, 4.69) is 17.2 Å². The van der Waals surface area contributed by atoms with Crippen molar-refractivity contribution in [2.24, 2.45) is 5.73 Å². The molecule has 1 aliphatic rings. The van der Waals surface area contributed by atoms with Crippen molar-refractivity contribution in [2.45, 2.75) is 39.0 Å². The van der Waals surface area contributed by atoms with Gasteiger partial charge in [-0.05, 0) is 43.7 Å². The fraction of sp³-hybridized carbons (Fsp3) is 0.353. The molecule has 1 unspecified atom stereocenters. The van der Waals surface area contributed by atoms with Gasteiger partial charge in [0.05, 0.1) is 11.3 Å². The Balaban J connectivity index is 0.000000359. The zero-order valence-electron chi connectivity index (χ0n) is 14.6. The van der Waals surface area contributed by atoms with Crippen LogP contribution in [0.4, 0.5) is 0 Å². The van der Waals surface area contributed by atoms with Gasteiger partial charge in [0.15, 0.2) is 5.96 Å². The highest BCUT2D eigenvalue weighted by Crippen LogP contribution is 2.30. The quantitative estimate of drug-likeness (QED) is 0.305. The van der Waals surface area contributed by atoms with Crippen LogP contribution in [-0.2, 0) is 16.0 Å². The lowest BCUT2D eigenvalue weighted by Gasteiger charge is -2.22. The lowest BCUT2D eigenvalue weighted by Crippen LogP contribution is -2.36. The summed E-state index contributed by atoms with van der Waals surface area (Å²) < 4.78 is 0. The average Bonchev–Trinajstić information content (AvgIpc) is 2.53. The molecular weight excluding hydrogens is 340 g/mol. The molecule has 1 aliphatic carbocycles. The standard InChI is InChI=1S/C13H18N4O.C4H4O4/c1-7-4-3-5-9-6-10(8(2)16-11(7)9)12(18)17-13(14)15;5-3(6)1-2-4(7)8/h6-7H,3-5H2,1-2H3,(H4,14,15,17,18);1-2H,(H,5,6)(H,7,8)/b;2-1+. The molecule has 0 radical (unpaired) electrons. The Morgan fingerprint density at radius 1 is 1.31 bits per heavy atom. The third kappa shape index (κ3) is 6.34. The molecule has 2 rings (SSSR count). The van der Waals surface area contributed by atoms with Crippen molar-refractivity contribution in [3.05, 3.63) is 40.7 Å². The van der Waals surface area contributed by atoms with Crippen LogP contribution in [0.15, 0.2) is 18.2 Å². The summed E-state index contributed by atoms with van der Waals surface area (Å²) in [7, 11) is 0. The van der Waals surface area contributed by atoms with Crippen LogP contribution < -0.4 is 11.1 Å². The fourth-order valence-electron chi connectivity index (χ4n) is 2.59. The predicted molar refractivity (Wildman–Crippen MR) is 94.1 cm³/mol. The Morgan fingerprint density at radius 2 is 1.88 bits per heavy atom. The summed E-state index contributed by atoms with van der Waals surface area (Å²) in [6.45, 7) is 3.98. The summed E-state index contributed by atoms with van der Waals surface area (Å²) in [4.78, 5) is 35.5. The number of carbonyl (C=O) groups is 3. The third-order valence-corrected chi connectivity index (χ3v) is 3.74. The van der Waals surface area contributed by atoms with Gasteiger partial charge in [-0.15, -0.1) is 0 Å². The minimum atomic E-state index is -1.26. The molecule has 1 heterocycles. The van der Waals surface area contributed by atoms with Crippen molar-refractivity contribution in [3.63, 3.8) is 0 Å². The van der Waals surface area contributed by atoms with Gasteiger partial charge in [-0.25, -0.2) is 9.59 Å². The fourth-order valence-corrected chi connectivity index (χ4v) is 2.59. The molecule has 0 saturated carbocycles. The number of carbonyl (C=O) groups excluding carboxylic acids is 1. The molecule has 0 saturated heterocycles. The number of pyridine rings is 1. The number of carboxylic acids is 2. The van der Waals surface area contributed by atoms with Crippen LogP contribution in [0, 0.1) is 12.3 Å². The summed E-state index contributed by atoms with van der Waals surface area (Å²) >= 11 is 0. The molecule has 0 fully saturated rings. The van der Waals surface area contributed by atoms with E-state index in [4.69, 9.17) is 21.4 Å². The molecule has 9 heteroatoms. The normalized spacial score (nSPS) is 15.4. The van der Waals surface area contributed by atoms with Gasteiger partial charge in [0, 0.05) is 17.8 Å². The highest BCUT2D eigenvalue weighted by atomic mass is 16.4. The second-order valence-electron chi connectivity index (χ2n) is 5.84. The van der Waals surface area contributed by atoms with Crippen molar-refractivity contribution in [1.82, 2.24) is 10.3 Å². The molecule has 0 spiro atoms. The van der Waals surface area contributed by atoms with Crippen LogP contribution >= 0.6 is 0 Å². The number of nitrogens with zero attached hydrogens (tertiary/aromatic N) is 1. The van der Waals surface area contributed by atoms with Crippen LogP contribution in [0.3, 0.4) is 0 Å². The van der Waals surface area contributed by atoms with Crippen molar-refractivity contribution < 1.29 is 24.6 Å². The smallest absolute Gasteiger partial charge is 0.328 e. The average molecular weight is 362 g/mol. The van der Waals surface area contributed by atoms with Gasteiger partial charge in [-0.1, -0.05) is 6.92 Å². The Morgan fingerprint density at radius 3 is 2.38 bits per heavy atom. The molecule has 6 N–H and O–H groups in total. The molecule has 9 nitrogen and oxygen atoms in total. The van der Waals surface area contributed by atoms with Gasteiger partial charge in [0.1, 0.15) is 0 Å². The van der Waals surface area contributed by atoms with Crippen molar-refractivity contribution >= 4 is 23.8 Å². The number of amides is 1. The minimum Gasteiger partial charge on any atom is -0.478 e. The molecule has 140 valence electrons. The van der Waals surface area contributed by atoms with Crippen LogP contribution in [0.1, 0.15) is 53.0 Å². The predicted octanol–water partition coefficient (Wildman–Crippen LogP) is 1.16. The second-order valence-corrected chi connectivity index (χ2v) is 5.84. The zero-order chi connectivity index (χ0) is 19.9. The number of aromatic nitrogens is 1. The summed E-state index contributed by atoms with van der Waals surface area (Å²) in [5.41, 5.74) is 8.63. The Labute approximate surface area is 150 Å². The molecule has 1 amide bonds. The number of nitrogens with one attached hydrogen (secondary N) is 2. The summed E-state index contributed by atoms with van der Waals surface area (Å²) in [6.07, 6.45) is 4.36. The number of aliphatic carboxylic acids is 2. The minimum absolute atomic E-state index is 0.342. The molecule has 1 atom stereocenters. The molecule has 1 aromatic rings. The van der Waals surface area contributed by atoms with E-state index in [1.807, 2.05) is 13.0 Å². The van der Waals surface area contributed by atoms with Crippen molar-refractivity contribution in [2.75, 3.05) is 0 Å². The maximum atomic E-state index is 11.9. The molecule has 0 bridgehead atoms. The van der Waals surface area contributed by atoms with Gasteiger partial charge >= 0.3 is 11.9 Å². The number of fused-ring (bicyclic) bond motifs is 1. The summed E-state index contributed by atoms with van der Waals surface area (Å²) in [5, 5.41) is 25.0. The summed E-state index contributed by atoms with van der Waals surface area (Å²) in [6, 6.07) is 1.89. The van der Waals surface area contributed by atoms with E-state index in [0.717, 1.165) is 30.5 Å². The van der Waals surface area contributed by atoms with Gasteiger partial charge < -0.3 is 15.9 Å². The first kappa shape index (κ1) is 20.8. The Kier molecular flexibility index (Phi) is 7.45. The van der Waals surface area contributed by atoms with Gasteiger partial charge in [-0.2, -0.15) is 0 Å². The lowest BCUT2D eigenvalue weighted by molar-refractivity contribution is -0.134. The number of carboxylic acid groups (broad SMARTS) is 2. The number of guanidine groups is 1. The number of nitrogens with two attached hydrogens (primary N) is 1. The van der Waals surface area contributed by atoms with E-state index in [1.54, 1.807) is 0 Å².